The molecule has 0 bridgehead atoms. The number of anilines is 1. The number of imidazole rings is 1. The molecule has 0 saturated carbocycles. The highest BCUT2D eigenvalue weighted by atomic mass is 28.4. The lowest BCUT2D eigenvalue weighted by molar-refractivity contribution is -0.199. The van der Waals surface area contributed by atoms with Crippen LogP contribution in [0.1, 0.15) is 67.4 Å². The number of nitrogens with one attached hydrogen (secondary N) is 1. The molecule has 0 radical (unpaired) electrons. The number of rotatable bonds is 5. The molecule has 4 atom stereocenters. The van der Waals surface area contributed by atoms with Crippen LogP contribution in [0.25, 0.3) is 11.2 Å². The quantitative estimate of drug-likeness (QED) is 0.443. The maximum Gasteiger partial charge on any atom is 0.451 e. The van der Waals surface area contributed by atoms with Crippen molar-refractivity contribution in [2.75, 3.05) is 11.9 Å². The van der Waals surface area contributed by atoms with Crippen LogP contribution >= 0.6 is 0 Å². The molecular formula is C25H38F3N5O6Si. The number of amides is 1. The summed E-state index contributed by atoms with van der Waals surface area (Å²) in [6.07, 6.45) is -7.34. The van der Waals surface area contributed by atoms with Gasteiger partial charge in [-0.3, -0.25) is 9.88 Å². The molecule has 2 saturated heterocycles. The second-order valence-electron chi connectivity index (χ2n) is 13.0. The molecule has 1 N–H and O–H groups in total. The largest absolute Gasteiger partial charge is 0.451 e. The molecule has 2 aromatic heterocycles. The van der Waals surface area contributed by atoms with Gasteiger partial charge in [-0.15, -0.1) is 0 Å². The van der Waals surface area contributed by atoms with Gasteiger partial charge in [-0.25, -0.2) is 19.7 Å². The van der Waals surface area contributed by atoms with E-state index in [2.05, 4.69) is 54.1 Å². The summed E-state index contributed by atoms with van der Waals surface area (Å²) in [6.45, 7) is 19.2. The van der Waals surface area contributed by atoms with Crippen molar-refractivity contribution in [3.63, 3.8) is 0 Å². The van der Waals surface area contributed by atoms with Gasteiger partial charge >= 0.3 is 12.3 Å². The van der Waals surface area contributed by atoms with Gasteiger partial charge < -0.3 is 23.4 Å². The molecule has 0 aliphatic carbocycles. The minimum Gasteiger partial charge on any atom is -0.444 e. The first-order valence-corrected chi connectivity index (χ1v) is 16.0. The van der Waals surface area contributed by atoms with Crippen LogP contribution < -0.4 is 5.32 Å². The zero-order valence-corrected chi connectivity index (χ0v) is 25.5. The molecule has 4 heterocycles. The van der Waals surface area contributed by atoms with Crippen molar-refractivity contribution in [3.05, 3.63) is 12.2 Å². The van der Waals surface area contributed by atoms with Crippen LogP contribution in [0.2, 0.25) is 18.1 Å². The standard InChI is InChI=1S/C25H38F3N5O6Si/c1-22(2,3)39-21(34)31-17-14-18(32-20(30-17)25(26,27)28)33(12-29-14)19-16-15(37-24(7,8)38-16)13(36-19)11-35-40(9,10)23(4,5)6/h12-13,15-16,19H,11H2,1-10H3,(H,30,31,32,34)/t13-,15-,16-,19-/m1/s1. The zero-order valence-electron chi connectivity index (χ0n) is 24.5. The third-order valence-corrected chi connectivity index (χ3v) is 11.6. The first kappa shape index (κ1) is 30.6. The number of aromatic nitrogens is 4. The van der Waals surface area contributed by atoms with Gasteiger partial charge in [0, 0.05) is 0 Å². The average Bonchev–Trinajstić information content (AvgIpc) is 3.40. The number of carbonyl (C=O) groups is 1. The highest BCUT2D eigenvalue weighted by Gasteiger charge is 2.57. The number of carbonyl (C=O) groups excluding carboxylic acids is 1. The summed E-state index contributed by atoms with van der Waals surface area (Å²) in [5.41, 5.74) is -1.15. The van der Waals surface area contributed by atoms with Crippen LogP contribution in [0.3, 0.4) is 0 Å². The number of hydrogen-bond acceptors (Lipinski definition) is 9. The fraction of sp³-hybridized carbons (Fsp3) is 0.760. The highest BCUT2D eigenvalue weighted by Crippen LogP contribution is 2.45. The van der Waals surface area contributed by atoms with Crippen molar-refractivity contribution >= 4 is 31.4 Å². The molecule has 4 rings (SSSR count). The molecule has 0 spiro atoms. The predicted octanol–water partition coefficient (Wildman–Crippen LogP) is 5.63. The molecule has 2 fully saturated rings. The van der Waals surface area contributed by atoms with Gasteiger partial charge in [0.2, 0.25) is 5.82 Å². The Kier molecular flexibility index (Phi) is 7.57. The van der Waals surface area contributed by atoms with Crippen molar-refractivity contribution in [1.29, 1.82) is 0 Å². The third-order valence-electron chi connectivity index (χ3n) is 7.11. The molecule has 40 heavy (non-hydrogen) atoms. The summed E-state index contributed by atoms with van der Waals surface area (Å²) in [5, 5.41) is 2.23. The number of hydrogen-bond donors (Lipinski definition) is 1. The Morgan fingerprint density at radius 3 is 2.30 bits per heavy atom. The van der Waals surface area contributed by atoms with Crippen molar-refractivity contribution in [2.24, 2.45) is 0 Å². The summed E-state index contributed by atoms with van der Waals surface area (Å²) in [7, 11) is -2.15. The normalized spacial score (nSPS) is 25.3. The Hall–Kier alpha value is -2.33. The highest BCUT2D eigenvalue weighted by molar-refractivity contribution is 6.74. The summed E-state index contributed by atoms with van der Waals surface area (Å²) in [5.74, 6) is -2.86. The number of fused-ring (bicyclic) bond motifs is 2. The monoisotopic (exact) mass is 589 g/mol. The van der Waals surface area contributed by atoms with Crippen LogP contribution in [0, 0.1) is 0 Å². The Morgan fingerprint density at radius 2 is 1.73 bits per heavy atom. The number of nitrogens with zero attached hydrogens (tertiary/aromatic N) is 4. The number of ether oxygens (including phenoxy) is 4. The lowest BCUT2D eigenvalue weighted by Gasteiger charge is -2.37. The van der Waals surface area contributed by atoms with Gasteiger partial charge in [-0.05, 0) is 52.8 Å². The smallest absolute Gasteiger partial charge is 0.444 e. The van der Waals surface area contributed by atoms with E-state index in [4.69, 9.17) is 23.4 Å². The van der Waals surface area contributed by atoms with Gasteiger partial charge in [0.05, 0.1) is 12.9 Å². The molecule has 224 valence electrons. The van der Waals surface area contributed by atoms with Gasteiger partial charge in [-0.1, -0.05) is 20.8 Å². The minimum atomic E-state index is -4.90. The maximum absolute atomic E-state index is 13.8. The molecule has 2 aromatic rings. The van der Waals surface area contributed by atoms with Gasteiger partial charge in [-0.2, -0.15) is 13.2 Å². The Labute approximate surface area is 232 Å². The van der Waals surface area contributed by atoms with Crippen LogP contribution in [0.5, 0.6) is 0 Å². The fourth-order valence-electron chi connectivity index (χ4n) is 4.24. The lowest BCUT2D eigenvalue weighted by Crippen LogP contribution is -2.44. The summed E-state index contributed by atoms with van der Waals surface area (Å²) >= 11 is 0. The van der Waals surface area contributed by atoms with Crippen molar-refractivity contribution in [3.8, 4) is 0 Å². The predicted molar refractivity (Wildman–Crippen MR) is 141 cm³/mol. The summed E-state index contributed by atoms with van der Waals surface area (Å²) in [6, 6.07) is 0. The third kappa shape index (κ3) is 6.27. The minimum absolute atomic E-state index is 0.0419. The van der Waals surface area contributed by atoms with E-state index in [1.807, 2.05) is 0 Å². The van der Waals surface area contributed by atoms with E-state index >= 15 is 0 Å². The number of alkyl halides is 3. The van der Waals surface area contributed by atoms with Crippen molar-refractivity contribution in [2.45, 2.75) is 116 Å². The van der Waals surface area contributed by atoms with E-state index in [0.29, 0.717) is 0 Å². The molecule has 11 nitrogen and oxygen atoms in total. The zero-order chi connectivity index (χ0) is 30.1. The van der Waals surface area contributed by atoms with Crippen molar-refractivity contribution in [1.82, 2.24) is 19.5 Å². The summed E-state index contributed by atoms with van der Waals surface area (Å²) in [4.78, 5) is 23.9. The molecule has 2 aliphatic rings. The molecule has 1 amide bonds. The van der Waals surface area contributed by atoms with E-state index in [1.165, 1.54) is 10.9 Å². The first-order chi connectivity index (χ1) is 18.1. The molecular weight excluding hydrogens is 551 g/mol. The topological polar surface area (TPSA) is 119 Å². The van der Waals surface area contributed by atoms with E-state index < -0.39 is 68.2 Å². The van der Waals surface area contributed by atoms with Crippen molar-refractivity contribution < 1.29 is 41.3 Å². The average molecular weight is 590 g/mol. The lowest BCUT2D eigenvalue weighted by atomic mass is 10.1. The SMILES string of the molecule is CC(C)(C)OC(=O)Nc1nc(C(F)(F)F)nc2c1ncn2[C@@H]1O[C@H](CO[Si](C)(C)C(C)(C)C)[C@H]2OC(C)(C)O[C@H]21. The van der Waals surface area contributed by atoms with Gasteiger partial charge in [0.1, 0.15) is 23.9 Å². The van der Waals surface area contributed by atoms with Crippen LogP contribution in [-0.4, -0.2) is 70.2 Å². The second-order valence-corrected chi connectivity index (χ2v) is 17.9. The first-order valence-electron chi connectivity index (χ1n) is 13.0. The van der Waals surface area contributed by atoms with E-state index in [-0.39, 0.29) is 22.8 Å². The molecule has 15 heteroatoms. The Morgan fingerprint density at radius 1 is 1.10 bits per heavy atom. The van der Waals surface area contributed by atoms with Crippen LogP contribution in [0.15, 0.2) is 6.33 Å². The van der Waals surface area contributed by atoms with E-state index in [9.17, 15) is 18.0 Å². The maximum atomic E-state index is 13.8. The fourth-order valence-corrected chi connectivity index (χ4v) is 5.26. The van der Waals surface area contributed by atoms with Crippen LogP contribution in [0.4, 0.5) is 23.8 Å². The van der Waals surface area contributed by atoms with Gasteiger partial charge in [0.25, 0.3) is 0 Å². The van der Waals surface area contributed by atoms with E-state index in [1.54, 1.807) is 34.6 Å². The Balaban J connectivity index is 1.72. The molecule has 0 unspecified atom stereocenters. The molecule has 2 aliphatic heterocycles. The number of halogens is 3. The second kappa shape index (κ2) is 9.89. The molecule has 0 aromatic carbocycles. The van der Waals surface area contributed by atoms with E-state index in [0.717, 1.165) is 0 Å². The summed E-state index contributed by atoms with van der Waals surface area (Å²) < 4.78 is 73.0. The van der Waals surface area contributed by atoms with Crippen LogP contribution in [-0.2, 0) is 29.5 Å². The Bertz CT molecular complexity index is 1270. The van der Waals surface area contributed by atoms with Gasteiger partial charge in [0.15, 0.2) is 37.3 Å².